The fourth-order valence-corrected chi connectivity index (χ4v) is 4.03. The fourth-order valence-electron chi connectivity index (χ4n) is 4.03. The van der Waals surface area contributed by atoms with E-state index in [0.717, 1.165) is 6.61 Å². The summed E-state index contributed by atoms with van der Waals surface area (Å²) in [6, 6.07) is 0. The summed E-state index contributed by atoms with van der Waals surface area (Å²) in [5, 5.41) is 0. The molecule has 144 valence electrons. The molecule has 0 radical (unpaired) electrons. The van der Waals surface area contributed by atoms with Gasteiger partial charge in [-0.1, -0.05) is 111 Å². The van der Waals surface area contributed by atoms with Gasteiger partial charge in [0.15, 0.2) is 0 Å². The van der Waals surface area contributed by atoms with Gasteiger partial charge in [-0.2, -0.15) is 0 Å². The molecular formula is C23H46O. The molecule has 1 nitrogen and oxygen atoms in total. The highest BCUT2D eigenvalue weighted by atomic mass is 16.5. The van der Waals surface area contributed by atoms with E-state index in [1.165, 1.54) is 109 Å². The van der Waals surface area contributed by atoms with Gasteiger partial charge in [-0.05, 0) is 24.7 Å². The molecule has 0 saturated carbocycles. The lowest BCUT2D eigenvalue weighted by atomic mass is 9.81. The van der Waals surface area contributed by atoms with Gasteiger partial charge in [-0.15, -0.1) is 0 Å². The Labute approximate surface area is 153 Å². The Morgan fingerprint density at radius 2 is 1.17 bits per heavy atom. The van der Waals surface area contributed by atoms with Crippen molar-refractivity contribution >= 4 is 0 Å². The average molecular weight is 339 g/mol. The largest absolute Gasteiger partial charge is 0.378 e. The smallest absolute Gasteiger partial charge is 0.0580 e. The summed E-state index contributed by atoms with van der Waals surface area (Å²) in [6.45, 7) is 8.07. The highest BCUT2D eigenvalue weighted by Gasteiger charge is 2.27. The van der Waals surface area contributed by atoms with Gasteiger partial charge < -0.3 is 4.74 Å². The fraction of sp³-hybridized carbons (Fsp3) is 1.00. The first-order valence-corrected chi connectivity index (χ1v) is 11.3. The first kappa shape index (κ1) is 22.0. The van der Waals surface area contributed by atoms with E-state index in [1.807, 2.05) is 0 Å². The lowest BCUT2D eigenvalue weighted by molar-refractivity contribution is -0.0402. The standard InChI is InChI=1S/C23H46O/c1-4-5-6-7-8-9-10-11-12-13-14-15-16-17-18-22-21-23(2,3)19-20-24-22/h22H,4-21H2,1-3H3. The molecule has 1 heteroatoms. The van der Waals surface area contributed by atoms with Crippen LogP contribution in [-0.4, -0.2) is 12.7 Å². The van der Waals surface area contributed by atoms with Crippen LogP contribution in [0, 0.1) is 5.41 Å². The topological polar surface area (TPSA) is 9.23 Å². The van der Waals surface area contributed by atoms with Crippen molar-refractivity contribution in [2.75, 3.05) is 6.61 Å². The number of rotatable bonds is 15. The Balaban J connectivity index is 1.76. The molecule has 0 aromatic rings. The van der Waals surface area contributed by atoms with Crippen LogP contribution in [0.3, 0.4) is 0 Å². The van der Waals surface area contributed by atoms with Gasteiger partial charge in [-0.3, -0.25) is 0 Å². The Bertz CT molecular complexity index is 271. The van der Waals surface area contributed by atoms with E-state index in [2.05, 4.69) is 20.8 Å². The summed E-state index contributed by atoms with van der Waals surface area (Å²) >= 11 is 0. The summed E-state index contributed by atoms with van der Waals surface area (Å²) in [4.78, 5) is 0. The van der Waals surface area contributed by atoms with E-state index < -0.39 is 0 Å². The Hall–Kier alpha value is -0.0400. The van der Waals surface area contributed by atoms with Crippen LogP contribution in [0.25, 0.3) is 0 Å². The molecule has 0 spiro atoms. The minimum Gasteiger partial charge on any atom is -0.378 e. The maximum Gasteiger partial charge on any atom is 0.0580 e. The molecule has 0 bridgehead atoms. The second-order valence-corrected chi connectivity index (χ2v) is 9.00. The number of hydrogen-bond acceptors (Lipinski definition) is 1. The predicted octanol–water partition coefficient (Wildman–Crippen LogP) is 8.06. The van der Waals surface area contributed by atoms with Gasteiger partial charge in [0.05, 0.1) is 6.10 Å². The monoisotopic (exact) mass is 338 g/mol. The first-order valence-electron chi connectivity index (χ1n) is 11.3. The first-order chi connectivity index (χ1) is 11.6. The van der Waals surface area contributed by atoms with Crippen molar-refractivity contribution in [3.05, 3.63) is 0 Å². The molecule has 1 aliphatic rings. The highest BCUT2D eigenvalue weighted by Crippen LogP contribution is 2.33. The van der Waals surface area contributed by atoms with Crippen molar-refractivity contribution < 1.29 is 4.74 Å². The molecule has 24 heavy (non-hydrogen) atoms. The molecule has 1 atom stereocenters. The third kappa shape index (κ3) is 12.3. The van der Waals surface area contributed by atoms with Gasteiger partial charge in [0.1, 0.15) is 0 Å². The van der Waals surface area contributed by atoms with Crippen LogP contribution in [-0.2, 0) is 4.74 Å². The van der Waals surface area contributed by atoms with E-state index in [9.17, 15) is 0 Å². The minimum absolute atomic E-state index is 0.513. The highest BCUT2D eigenvalue weighted by molar-refractivity contribution is 4.78. The number of ether oxygens (including phenoxy) is 1. The third-order valence-corrected chi connectivity index (χ3v) is 5.79. The molecule has 1 rings (SSSR count). The van der Waals surface area contributed by atoms with Gasteiger partial charge in [0, 0.05) is 6.61 Å². The Morgan fingerprint density at radius 3 is 1.62 bits per heavy atom. The minimum atomic E-state index is 0.513. The van der Waals surface area contributed by atoms with Crippen LogP contribution >= 0.6 is 0 Å². The average Bonchev–Trinajstić information content (AvgIpc) is 2.54. The molecular weight excluding hydrogens is 292 g/mol. The van der Waals surface area contributed by atoms with Crippen molar-refractivity contribution in [3.63, 3.8) is 0 Å². The van der Waals surface area contributed by atoms with Gasteiger partial charge in [-0.25, -0.2) is 0 Å². The van der Waals surface area contributed by atoms with E-state index >= 15 is 0 Å². The van der Waals surface area contributed by atoms with E-state index in [4.69, 9.17) is 4.74 Å². The maximum atomic E-state index is 5.93. The molecule has 1 saturated heterocycles. The van der Waals surface area contributed by atoms with Crippen LogP contribution in [0.5, 0.6) is 0 Å². The molecule has 1 aliphatic heterocycles. The SMILES string of the molecule is CCCCCCCCCCCCCCCCC1CC(C)(C)CCO1. The summed E-state index contributed by atoms with van der Waals surface area (Å²) in [7, 11) is 0. The van der Waals surface area contributed by atoms with Crippen LogP contribution in [0.15, 0.2) is 0 Å². The summed E-state index contributed by atoms with van der Waals surface area (Å²) < 4.78 is 5.93. The van der Waals surface area contributed by atoms with Crippen molar-refractivity contribution in [1.82, 2.24) is 0 Å². The van der Waals surface area contributed by atoms with Gasteiger partial charge >= 0.3 is 0 Å². The van der Waals surface area contributed by atoms with Crippen molar-refractivity contribution in [2.45, 2.75) is 136 Å². The molecule has 1 fully saturated rings. The molecule has 0 aliphatic carbocycles. The molecule has 1 unspecified atom stereocenters. The molecule has 0 aromatic heterocycles. The van der Waals surface area contributed by atoms with E-state index in [1.54, 1.807) is 0 Å². The van der Waals surface area contributed by atoms with Crippen molar-refractivity contribution in [1.29, 1.82) is 0 Å². The van der Waals surface area contributed by atoms with Crippen LogP contribution in [0.4, 0.5) is 0 Å². The number of unbranched alkanes of at least 4 members (excludes halogenated alkanes) is 13. The molecule has 0 aromatic carbocycles. The quantitative estimate of drug-likeness (QED) is 0.274. The van der Waals surface area contributed by atoms with Crippen molar-refractivity contribution in [2.24, 2.45) is 5.41 Å². The lowest BCUT2D eigenvalue weighted by Crippen LogP contribution is -2.30. The lowest BCUT2D eigenvalue weighted by Gasteiger charge is -2.35. The zero-order valence-electron chi connectivity index (χ0n) is 17.2. The number of hydrogen-bond donors (Lipinski definition) is 0. The Kier molecular flexibility index (Phi) is 13.0. The summed E-state index contributed by atoms with van der Waals surface area (Å²) in [6.07, 6.45) is 24.6. The van der Waals surface area contributed by atoms with Gasteiger partial charge in [0.25, 0.3) is 0 Å². The molecule has 1 heterocycles. The Morgan fingerprint density at radius 1 is 0.708 bits per heavy atom. The predicted molar refractivity (Wildman–Crippen MR) is 108 cm³/mol. The summed E-state index contributed by atoms with van der Waals surface area (Å²) in [5.41, 5.74) is 0.513. The second-order valence-electron chi connectivity index (χ2n) is 9.00. The van der Waals surface area contributed by atoms with Crippen molar-refractivity contribution in [3.8, 4) is 0 Å². The van der Waals surface area contributed by atoms with E-state index in [0.29, 0.717) is 11.5 Å². The van der Waals surface area contributed by atoms with Crippen LogP contribution in [0.1, 0.15) is 130 Å². The molecule has 0 N–H and O–H groups in total. The normalized spacial score (nSPS) is 20.4. The maximum absolute atomic E-state index is 5.93. The summed E-state index contributed by atoms with van der Waals surface area (Å²) in [5.74, 6) is 0. The molecule has 0 amide bonds. The van der Waals surface area contributed by atoms with Crippen LogP contribution < -0.4 is 0 Å². The third-order valence-electron chi connectivity index (χ3n) is 5.79. The van der Waals surface area contributed by atoms with Crippen LogP contribution in [0.2, 0.25) is 0 Å². The van der Waals surface area contributed by atoms with Gasteiger partial charge in [0.2, 0.25) is 0 Å². The van der Waals surface area contributed by atoms with E-state index in [-0.39, 0.29) is 0 Å². The zero-order chi connectivity index (χ0) is 17.5. The zero-order valence-corrected chi connectivity index (χ0v) is 17.2. The second kappa shape index (κ2) is 14.2.